The Kier molecular flexibility index (Phi) is 4.95. The fraction of sp³-hybridized carbons (Fsp3) is 0.182. The highest BCUT2D eigenvalue weighted by Gasteiger charge is 2.22. The maximum atomic E-state index is 12.9. The number of carbonyl (C=O) groups excluding carboxylic acids is 1. The van der Waals surface area contributed by atoms with E-state index in [9.17, 15) is 9.59 Å². The molecule has 2 heterocycles. The number of aromatic nitrogens is 3. The van der Waals surface area contributed by atoms with Gasteiger partial charge in [0.1, 0.15) is 11.7 Å². The van der Waals surface area contributed by atoms with E-state index in [1.54, 1.807) is 32.2 Å². The Morgan fingerprint density at radius 2 is 1.86 bits per heavy atom. The van der Waals surface area contributed by atoms with Gasteiger partial charge in [-0.05, 0) is 19.1 Å². The van der Waals surface area contributed by atoms with Crippen LogP contribution in [0.15, 0.2) is 76.3 Å². The van der Waals surface area contributed by atoms with Crippen LogP contribution in [-0.2, 0) is 11.3 Å². The molecule has 2 aromatic heterocycles. The molecule has 7 heteroatoms. The quantitative estimate of drug-likeness (QED) is 0.524. The number of fused-ring (bicyclic) bond motifs is 1. The van der Waals surface area contributed by atoms with E-state index < -0.39 is 6.04 Å². The Morgan fingerprint density at radius 3 is 2.66 bits per heavy atom. The van der Waals surface area contributed by atoms with Crippen molar-refractivity contribution in [3.05, 3.63) is 83.1 Å². The second kappa shape index (κ2) is 7.71. The third-order valence-corrected chi connectivity index (χ3v) is 4.86. The van der Waals surface area contributed by atoms with Gasteiger partial charge in [0.05, 0.1) is 23.8 Å². The van der Waals surface area contributed by atoms with Gasteiger partial charge in [-0.2, -0.15) is 0 Å². The lowest BCUT2D eigenvalue weighted by molar-refractivity contribution is -0.133. The molecule has 0 N–H and O–H groups in total. The van der Waals surface area contributed by atoms with Gasteiger partial charge in [0, 0.05) is 18.7 Å². The first-order valence-electron chi connectivity index (χ1n) is 9.26. The molecule has 0 spiro atoms. The standard InChI is InChI=1S/C22H20N4O3/c1-15(26-14-23-19-11-7-6-10-18(19)22(26)28)21(27)25(2)13-17-12-20(24-29-17)16-8-4-3-5-9-16/h3-12,14-15H,13H2,1-2H3/t15-/m0/s1. The topological polar surface area (TPSA) is 81.2 Å². The van der Waals surface area contributed by atoms with Crippen LogP contribution in [0.4, 0.5) is 0 Å². The molecule has 0 saturated heterocycles. The van der Waals surface area contributed by atoms with Crippen LogP contribution in [0.3, 0.4) is 0 Å². The van der Waals surface area contributed by atoms with Crippen molar-refractivity contribution in [2.24, 2.45) is 0 Å². The SMILES string of the molecule is C[C@@H](C(=O)N(C)Cc1cc(-c2ccccc2)no1)n1cnc2ccccc2c1=O. The zero-order valence-electron chi connectivity index (χ0n) is 16.1. The number of hydrogen-bond donors (Lipinski definition) is 0. The summed E-state index contributed by atoms with van der Waals surface area (Å²) < 4.78 is 6.74. The summed E-state index contributed by atoms with van der Waals surface area (Å²) in [6.07, 6.45) is 1.42. The normalized spacial score (nSPS) is 12.1. The molecule has 1 atom stereocenters. The molecule has 0 radical (unpaired) electrons. The Balaban J connectivity index is 1.52. The van der Waals surface area contributed by atoms with Gasteiger partial charge in [-0.1, -0.05) is 47.6 Å². The molecule has 29 heavy (non-hydrogen) atoms. The minimum atomic E-state index is -0.693. The Hall–Kier alpha value is -3.74. The molecule has 0 aliphatic carbocycles. The number of hydrogen-bond acceptors (Lipinski definition) is 5. The molecule has 1 amide bonds. The molecule has 0 fully saturated rings. The van der Waals surface area contributed by atoms with E-state index in [4.69, 9.17) is 4.52 Å². The largest absolute Gasteiger partial charge is 0.359 e. The number of benzene rings is 2. The first-order chi connectivity index (χ1) is 14.0. The van der Waals surface area contributed by atoms with Crippen molar-refractivity contribution in [1.82, 2.24) is 19.6 Å². The van der Waals surface area contributed by atoms with Crippen LogP contribution in [-0.4, -0.2) is 32.6 Å². The number of rotatable bonds is 5. The summed E-state index contributed by atoms with van der Waals surface area (Å²) in [6, 6.07) is 17.9. The van der Waals surface area contributed by atoms with Crippen molar-refractivity contribution < 1.29 is 9.32 Å². The van der Waals surface area contributed by atoms with Gasteiger partial charge >= 0.3 is 0 Å². The average molecular weight is 388 g/mol. The van der Waals surface area contributed by atoms with Crippen LogP contribution in [0.5, 0.6) is 0 Å². The lowest BCUT2D eigenvalue weighted by Crippen LogP contribution is -2.36. The zero-order valence-corrected chi connectivity index (χ0v) is 16.1. The van der Waals surface area contributed by atoms with Crippen LogP contribution < -0.4 is 5.56 Å². The summed E-state index contributed by atoms with van der Waals surface area (Å²) in [5.41, 5.74) is 2.02. The number of carbonyl (C=O) groups is 1. The Labute approximate surface area is 167 Å². The summed E-state index contributed by atoms with van der Waals surface area (Å²) in [4.78, 5) is 31.4. The van der Waals surface area contributed by atoms with Crippen molar-refractivity contribution in [2.75, 3.05) is 7.05 Å². The highest BCUT2D eigenvalue weighted by atomic mass is 16.5. The highest BCUT2D eigenvalue weighted by molar-refractivity contribution is 5.81. The monoisotopic (exact) mass is 388 g/mol. The van der Waals surface area contributed by atoms with E-state index in [-0.39, 0.29) is 18.0 Å². The first-order valence-corrected chi connectivity index (χ1v) is 9.26. The van der Waals surface area contributed by atoms with Crippen molar-refractivity contribution in [2.45, 2.75) is 19.5 Å². The van der Waals surface area contributed by atoms with Crippen LogP contribution in [0.2, 0.25) is 0 Å². The second-order valence-electron chi connectivity index (χ2n) is 6.89. The molecule has 4 aromatic rings. The lowest BCUT2D eigenvalue weighted by Gasteiger charge is -2.21. The fourth-order valence-corrected chi connectivity index (χ4v) is 3.24. The molecule has 0 aliphatic rings. The van der Waals surface area contributed by atoms with Gasteiger partial charge in [-0.3, -0.25) is 14.2 Å². The second-order valence-corrected chi connectivity index (χ2v) is 6.89. The molecule has 0 bridgehead atoms. The molecule has 7 nitrogen and oxygen atoms in total. The van der Waals surface area contributed by atoms with Crippen LogP contribution >= 0.6 is 0 Å². The maximum Gasteiger partial charge on any atom is 0.261 e. The lowest BCUT2D eigenvalue weighted by atomic mass is 10.1. The highest BCUT2D eigenvalue weighted by Crippen LogP contribution is 2.20. The zero-order chi connectivity index (χ0) is 20.4. The van der Waals surface area contributed by atoms with E-state index in [0.29, 0.717) is 22.4 Å². The summed E-state index contributed by atoms with van der Waals surface area (Å²) >= 11 is 0. The predicted octanol–water partition coefficient (Wildman–Crippen LogP) is 3.27. The van der Waals surface area contributed by atoms with Crippen LogP contribution in [0.25, 0.3) is 22.2 Å². The average Bonchev–Trinajstić information content (AvgIpc) is 3.22. The van der Waals surface area contributed by atoms with E-state index in [2.05, 4.69) is 10.1 Å². The van der Waals surface area contributed by atoms with E-state index in [0.717, 1.165) is 5.56 Å². The summed E-state index contributed by atoms with van der Waals surface area (Å²) in [5, 5.41) is 4.56. The van der Waals surface area contributed by atoms with Crippen molar-refractivity contribution in [3.8, 4) is 11.3 Å². The molecule has 4 rings (SSSR count). The van der Waals surface area contributed by atoms with Gasteiger partial charge in [0.2, 0.25) is 5.91 Å². The molecule has 0 aliphatic heterocycles. The summed E-state index contributed by atoms with van der Waals surface area (Å²) in [7, 11) is 1.67. The number of likely N-dealkylation sites (N-methyl/N-ethyl adjacent to an activating group) is 1. The van der Waals surface area contributed by atoms with E-state index in [1.807, 2.05) is 42.5 Å². The van der Waals surface area contributed by atoms with Gasteiger partial charge in [-0.25, -0.2) is 4.98 Å². The predicted molar refractivity (Wildman–Crippen MR) is 109 cm³/mol. The van der Waals surface area contributed by atoms with Crippen molar-refractivity contribution in [1.29, 1.82) is 0 Å². The fourth-order valence-electron chi connectivity index (χ4n) is 3.24. The van der Waals surface area contributed by atoms with Crippen LogP contribution in [0, 0.1) is 0 Å². The minimum absolute atomic E-state index is 0.221. The maximum absolute atomic E-state index is 12.9. The van der Waals surface area contributed by atoms with E-state index in [1.165, 1.54) is 15.8 Å². The molecule has 146 valence electrons. The molecule has 0 saturated carbocycles. The first kappa shape index (κ1) is 18.6. The van der Waals surface area contributed by atoms with Gasteiger partial charge in [0.25, 0.3) is 5.56 Å². The number of amides is 1. The van der Waals surface area contributed by atoms with E-state index >= 15 is 0 Å². The Bertz CT molecular complexity index is 1210. The summed E-state index contributed by atoms with van der Waals surface area (Å²) in [5.74, 6) is 0.345. The smallest absolute Gasteiger partial charge is 0.261 e. The minimum Gasteiger partial charge on any atom is -0.359 e. The van der Waals surface area contributed by atoms with Crippen LogP contribution in [0.1, 0.15) is 18.7 Å². The van der Waals surface area contributed by atoms with Gasteiger partial charge < -0.3 is 9.42 Å². The van der Waals surface area contributed by atoms with Gasteiger partial charge in [0.15, 0.2) is 5.76 Å². The Morgan fingerprint density at radius 1 is 1.14 bits per heavy atom. The third kappa shape index (κ3) is 3.67. The number of para-hydroxylation sites is 1. The summed E-state index contributed by atoms with van der Waals surface area (Å²) in [6.45, 7) is 1.94. The van der Waals surface area contributed by atoms with Crippen molar-refractivity contribution >= 4 is 16.8 Å². The number of nitrogens with zero attached hydrogens (tertiary/aromatic N) is 4. The molecule has 2 aromatic carbocycles. The molecule has 0 unspecified atom stereocenters. The van der Waals surface area contributed by atoms with Crippen molar-refractivity contribution in [3.63, 3.8) is 0 Å². The van der Waals surface area contributed by atoms with Gasteiger partial charge in [-0.15, -0.1) is 0 Å². The molecular weight excluding hydrogens is 368 g/mol. The molecular formula is C22H20N4O3. The third-order valence-electron chi connectivity index (χ3n) is 4.86.